The predicted octanol–water partition coefficient (Wildman–Crippen LogP) is 3.15. The fraction of sp³-hybridized carbons (Fsp3) is 0.263. The van der Waals surface area contributed by atoms with Crippen LogP contribution in [0.1, 0.15) is 21.7 Å². The van der Waals surface area contributed by atoms with E-state index in [4.69, 9.17) is 4.74 Å². The van der Waals surface area contributed by atoms with Gasteiger partial charge in [-0.2, -0.15) is 0 Å². The van der Waals surface area contributed by atoms with Crippen LogP contribution in [0.15, 0.2) is 42.5 Å². The molecule has 3 aromatic rings. The molecule has 24 heavy (non-hydrogen) atoms. The first kappa shape index (κ1) is 14.9. The quantitative estimate of drug-likeness (QED) is 0.728. The molecule has 0 aliphatic carbocycles. The van der Waals surface area contributed by atoms with Crippen molar-refractivity contribution in [1.29, 1.82) is 0 Å². The minimum Gasteiger partial charge on any atom is -0.372 e. The highest BCUT2D eigenvalue weighted by Gasteiger charge is 2.18. The van der Waals surface area contributed by atoms with E-state index in [1.807, 2.05) is 49.4 Å². The molecule has 0 radical (unpaired) electrons. The molecule has 0 spiro atoms. The van der Waals surface area contributed by atoms with E-state index in [1.54, 1.807) is 11.9 Å². The SMILES string of the molecule is Cc1ccc(C(=O)N(C)c2ccc3c(c2)nc2n3CCOC2)cc1. The number of rotatable bonds is 2. The Balaban J connectivity index is 1.68. The molecule has 1 aromatic heterocycles. The molecular weight excluding hydrogens is 302 g/mol. The van der Waals surface area contributed by atoms with Gasteiger partial charge in [0.05, 0.1) is 17.6 Å². The van der Waals surface area contributed by atoms with Crippen LogP contribution in [-0.2, 0) is 17.9 Å². The van der Waals surface area contributed by atoms with E-state index < -0.39 is 0 Å². The van der Waals surface area contributed by atoms with Gasteiger partial charge in [0.2, 0.25) is 0 Å². The molecule has 2 aromatic carbocycles. The van der Waals surface area contributed by atoms with Gasteiger partial charge in [0.25, 0.3) is 5.91 Å². The lowest BCUT2D eigenvalue weighted by Crippen LogP contribution is -2.26. The molecule has 0 saturated heterocycles. The molecule has 0 N–H and O–H groups in total. The second-order valence-corrected chi connectivity index (χ2v) is 6.14. The first-order valence-corrected chi connectivity index (χ1v) is 8.05. The van der Waals surface area contributed by atoms with Gasteiger partial charge in [0, 0.05) is 24.8 Å². The molecule has 0 bridgehead atoms. The number of anilines is 1. The number of carbonyl (C=O) groups excluding carboxylic acids is 1. The summed E-state index contributed by atoms with van der Waals surface area (Å²) in [6.07, 6.45) is 0. The van der Waals surface area contributed by atoms with Gasteiger partial charge in [0.1, 0.15) is 12.4 Å². The van der Waals surface area contributed by atoms with Crippen LogP contribution in [-0.4, -0.2) is 29.1 Å². The number of amides is 1. The Hall–Kier alpha value is -2.66. The molecule has 0 saturated carbocycles. The van der Waals surface area contributed by atoms with Crippen molar-refractivity contribution in [2.24, 2.45) is 0 Å². The highest BCUT2D eigenvalue weighted by molar-refractivity contribution is 6.06. The van der Waals surface area contributed by atoms with E-state index in [2.05, 4.69) is 9.55 Å². The van der Waals surface area contributed by atoms with E-state index in [1.165, 1.54) is 0 Å². The number of benzene rings is 2. The minimum atomic E-state index is -0.0262. The van der Waals surface area contributed by atoms with Crippen LogP contribution in [0.25, 0.3) is 11.0 Å². The number of fused-ring (bicyclic) bond motifs is 3. The molecule has 0 atom stereocenters. The number of imidazole rings is 1. The van der Waals surface area contributed by atoms with Gasteiger partial charge in [-0.15, -0.1) is 0 Å². The number of hydrogen-bond acceptors (Lipinski definition) is 3. The highest BCUT2D eigenvalue weighted by atomic mass is 16.5. The lowest BCUT2D eigenvalue weighted by Gasteiger charge is -2.18. The third kappa shape index (κ3) is 2.47. The van der Waals surface area contributed by atoms with Crippen LogP contribution >= 0.6 is 0 Å². The minimum absolute atomic E-state index is 0.0262. The monoisotopic (exact) mass is 321 g/mol. The summed E-state index contributed by atoms with van der Waals surface area (Å²) >= 11 is 0. The van der Waals surface area contributed by atoms with Crippen molar-refractivity contribution >= 4 is 22.6 Å². The van der Waals surface area contributed by atoms with Gasteiger partial charge in [-0.25, -0.2) is 4.98 Å². The zero-order valence-corrected chi connectivity index (χ0v) is 13.8. The standard InChI is InChI=1S/C19H19N3O2/c1-13-3-5-14(6-4-13)19(23)21(2)15-7-8-17-16(11-15)20-18-12-24-10-9-22(17)18/h3-8,11H,9-10,12H2,1-2H3. The Morgan fingerprint density at radius 3 is 2.79 bits per heavy atom. The van der Waals surface area contributed by atoms with Crippen molar-refractivity contribution < 1.29 is 9.53 Å². The van der Waals surface area contributed by atoms with Crippen LogP contribution in [0.4, 0.5) is 5.69 Å². The molecule has 5 nitrogen and oxygen atoms in total. The smallest absolute Gasteiger partial charge is 0.258 e. The van der Waals surface area contributed by atoms with Crippen molar-refractivity contribution in [2.75, 3.05) is 18.6 Å². The Morgan fingerprint density at radius 1 is 1.21 bits per heavy atom. The van der Waals surface area contributed by atoms with Crippen molar-refractivity contribution in [3.63, 3.8) is 0 Å². The second-order valence-electron chi connectivity index (χ2n) is 6.14. The second kappa shape index (κ2) is 5.76. The average Bonchev–Trinajstić information content (AvgIpc) is 2.99. The third-order valence-electron chi connectivity index (χ3n) is 4.49. The highest BCUT2D eigenvalue weighted by Crippen LogP contribution is 2.25. The third-order valence-corrected chi connectivity index (χ3v) is 4.49. The van der Waals surface area contributed by atoms with Gasteiger partial charge in [-0.3, -0.25) is 4.79 Å². The molecule has 0 unspecified atom stereocenters. The maximum atomic E-state index is 12.7. The fourth-order valence-corrected chi connectivity index (χ4v) is 3.06. The average molecular weight is 321 g/mol. The molecule has 2 heterocycles. The van der Waals surface area contributed by atoms with Crippen LogP contribution in [0, 0.1) is 6.92 Å². The number of aromatic nitrogens is 2. The first-order valence-electron chi connectivity index (χ1n) is 8.05. The maximum absolute atomic E-state index is 12.7. The fourth-order valence-electron chi connectivity index (χ4n) is 3.06. The van der Waals surface area contributed by atoms with Gasteiger partial charge >= 0.3 is 0 Å². The van der Waals surface area contributed by atoms with Crippen molar-refractivity contribution in [3.8, 4) is 0 Å². The largest absolute Gasteiger partial charge is 0.372 e. The molecule has 1 aliphatic heterocycles. The Bertz CT molecular complexity index is 912. The van der Waals surface area contributed by atoms with Crippen LogP contribution in [0.2, 0.25) is 0 Å². The van der Waals surface area contributed by atoms with Crippen molar-refractivity contribution in [1.82, 2.24) is 9.55 Å². The summed E-state index contributed by atoms with van der Waals surface area (Å²) in [4.78, 5) is 19.0. The van der Waals surface area contributed by atoms with E-state index in [0.717, 1.165) is 34.7 Å². The number of carbonyl (C=O) groups is 1. The van der Waals surface area contributed by atoms with Gasteiger partial charge in [-0.1, -0.05) is 17.7 Å². The summed E-state index contributed by atoms with van der Waals surface area (Å²) in [6.45, 7) is 4.09. The van der Waals surface area contributed by atoms with E-state index in [-0.39, 0.29) is 5.91 Å². The van der Waals surface area contributed by atoms with Crippen molar-refractivity contribution in [2.45, 2.75) is 20.1 Å². The summed E-state index contributed by atoms with van der Waals surface area (Å²) in [5.74, 6) is 0.919. The van der Waals surface area contributed by atoms with Gasteiger partial charge < -0.3 is 14.2 Å². The maximum Gasteiger partial charge on any atom is 0.258 e. The lowest BCUT2D eigenvalue weighted by atomic mass is 10.1. The first-order chi connectivity index (χ1) is 11.6. The number of ether oxygens (including phenoxy) is 1. The number of nitrogens with zero attached hydrogens (tertiary/aromatic N) is 3. The molecule has 1 amide bonds. The zero-order valence-electron chi connectivity index (χ0n) is 13.8. The van der Waals surface area contributed by atoms with E-state index in [9.17, 15) is 4.79 Å². The van der Waals surface area contributed by atoms with Crippen LogP contribution in [0.5, 0.6) is 0 Å². The topological polar surface area (TPSA) is 47.4 Å². The Kier molecular flexibility index (Phi) is 3.58. The van der Waals surface area contributed by atoms with Gasteiger partial charge in [-0.05, 0) is 37.3 Å². The molecule has 5 heteroatoms. The van der Waals surface area contributed by atoms with Gasteiger partial charge in [0.15, 0.2) is 0 Å². The summed E-state index contributed by atoms with van der Waals surface area (Å²) < 4.78 is 7.65. The van der Waals surface area contributed by atoms with Crippen LogP contribution in [0.3, 0.4) is 0 Å². The van der Waals surface area contributed by atoms with E-state index in [0.29, 0.717) is 18.8 Å². The molecular formula is C19H19N3O2. The summed E-state index contributed by atoms with van der Waals surface area (Å²) in [6, 6.07) is 13.6. The normalized spacial score (nSPS) is 13.8. The van der Waals surface area contributed by atoms with E-state index >= 15 is 0 Å². The molecule has 122 valence electrons. The van der Waals surface area contributed by atoms with Crippen molar-refractivity contribution in [3.05, 3.63) is 59.4 Å². The molecule has 1 aliphatic rings. The number of hydrogen-bond donors (Lipinski definition) is 0. The Morgan fingerprint density at radius 2 is 2.00 bits per heavy atom. The molecule has 4 rings (SSSR count). The summed E-state index contributed by atoms with van der Waals surface area (Å²) in [7, 11) is 1.79. The van der Waals surface area contributed by atoms with Crippen LogP contribution < -0.4 is 4.90 Å². The molecule has 0 fully saturated rings. The Labute approximate surface area is 140 Å². The lowest BCUT2D eigenvalue weighted by molar-refractivity contribution is 0.0830. The predicted molar refractivity (Wildman–Crippen MR) is 93.3 cm³/mol. The summed E-state index contributed by atoms with van der Waals surface area (Å²) in [5, 5.41) is 0. The summed E-state index contributed by atoms with van der Waals surface area (Å²) in [5.41, 5.74) is 4.65. The zero-order chi connectivity index (χ0) is 16.7. The number of aryl methyl sites for hydroxylation is 1.